The highest BCUT2D eigenvalue weighted by Crippen LogP contribution is 2.32. The zero-order valence-corrected chi connectivity index (χ0v) is 12.3. The largest absolute Gasteiger partial charge is 0.496 e. The van der Waals surface area contributed by atoms with E-state index in [4.69, 9.17) is 4.74 Å². The molecular formula is C17H20FNO. The van der Waals surface area contributed by atoms with E-state index in [1.54, 1.807) is 19.2 Å². The summed E-state index contributed by atoms with van der Waals surface area (Å²) < 4.78 is 19.0. The first kappa shape index (κ1) is 14.5. The van der Waals surface area contributed by atoms with E-state index in [-0.39, 0.29) is 11.9 Å². The Bertz CT molecular complexity index is 610. The summed E-state index contributed by atoms with van der Waals surface area (Å²) in [5, 5.41) is 3.25. The van der Waals surface area contributed by atoms with Crippen molar-refractivity contribution in [2.75, 3.05) is 14.2 Å². The molecule has 1 atom stereocenters. The summed E-state index contributed by atoms with van der Waals surface area (Å²) in [6, 6.07) is 10.8. The van der Waals surface area contributed by atoms with E-state index in [0.29, 0.717) is 0 Å². The highest BCUT2D eigenvalue weighted by Gasteiger charge is 2.18. The van der Waals surface area contributed by atoms with E-state index in [9.17, 15) is 4.39 Å². The summed E-state index contributed by atoms with van der Waals surface area (Å²) in [7, 11) is 3.53. The molecule has 1 unspecified atom stereocenters. The number of aryl methyl sites for hydroxylation is 2. The van der Waals surface area contributed by atoms with Crippen LogP contribution in [-0.4, -0.2) is 14.2 Å². The summed E-state index contributed by atoms with van der Waals surface area (Å²) in [5.74, 6) is 0.588. The Kier molecular flexibility index (Phi) is 4.40. The van der Waals surface area contributed by atoms with E-state index in [1.807, 2.05) is 39.1 Å². The number of rotatable bonds is 4. The van der Waals surface area contributed by atoms with Crippen LogP contribution in [0, 0.1) is 19.7 Å². The van der Waals surface area contributed by atoms with Gasteiger partial charge in [-0.1, -0.05) is 18.2 Å². The average Bonchev–Trinajstić information content (AvgIpc) is 2.44. The molecule has 0 aliphatic heterocycles. The van der Waals surface area contributed by atoms with E-state index < -0.39 is 0 Å². The lowest BCUT2D eigenvalue weighted by atomic mass is 9.93. The van der Waals surface area contributed by atoms with Crippen LogP contribution in [0.15, 0.2) is 36.4 Å². The molecule has 0 bridgehead atoms. The SMILES string of the molecule is CNC(c1cc(F)ccc1C)c1ccc(C)cc1OC. The van der Waals surface area contributed by atoms with Gasteiger partial charge in [0, 0.05) is 5.56 Å². The second-order valence-corrected chi connectivity index (χ2v) is 4.97. The van der Waals surface area contributed by atoms with Crippen LogP contribution in [0.2, 0.25) is 0 Å². The Morgan fingerprint density at radius 3 is 2.45 bits per heavy atom. The van der Waals surface area contributed by atoms with Gasteiger partial charge in [0.25, 0.3) is 0 Å². The summed E-state index contributed by atoms with van der Waals surface area (Å²) in [5.41, 5.74) is 4.12. The molecule has 3 heteroatoms. The van der Waals surface area contributed by atoms with Crippen molar-refractivity contribution in [2.24, 2.45) is 0 Å². The van der Waals surface area contributed by atoms with Crippen LogP contribution in [0.5, 0.6) is 5.75 Å². The maximum atomic E-state index is 13.5. The van der Waals surface area contributed by atoms with Crippen molar-refractivity contribution in [1.29, 1.82) is 0 Å². The molecule has 0 spiro atoms. The van der Waals surface area contributed by atoms with Gasteiger partial charge < -0.3 is 10.1 Å². The molecular weight excluding hydrogens is 253 g/mol. The molecule has 0 aliphatic carbocycles. The van der Waals surface area contributed by atoms with Crippen molar-refractivity contribution in [3.63, 3.8) is 0 Å². The molecule has 0 aromatic heterocycles. The summed E-state index contributed by atoms with van der Waals surface area (Å²) in [4.78, 5) is 0. The molecule has 2 aromatic rings. The highest BCUT2D eigenvalue weighted by atomic mass is 19.1. The fourth-order valence-electron chi connectivity index (χ4n) is 2.46. The van der Waals surface area contributed by atoms with Crippen molar-refractivity contribution < 1.29 is 9.13 Å². The van der Waals surface area contributed by atoms with Crippen LogP contribution in [0.25, 0.3) is 0 Å². The minimum atomic E-state index is -0.225. The standard InChI is InChI=1S/C17H20FNO/c1-11-5-8-14(16(9-11)20-4)17(19-3)15-10-13(18)7-6-12(15)2/h5-10,17,19H,1-4H3. The second-order valence-electron chi connectivity index (χ2n) is 4.97. The molecule has 2 aromatic carbocycles. The summed E-state index contributed by atoms with van der Waals surface area (Å²) in [6.07, 6.45) is 0. The fraction of sp³-hybridized carbons (Fsp3) is 0.294. The second kappa shape index (κ2) is 6.06. The zero-order valence-electron chi connectivity index (χ0n) is 12.3. The van der Waals surface area contributed by atoms with Gasteiger partial charge in [-0.2, -0.15) is 0 Å². The maximum absolute atomic E-state index is 13.5. The lowest BCUT2D eigenvalue weighted by Crippen LogP contribution is -2.19. The molecule has 0 radical (unpaired) electrons. The zero-order chi connectivity index (χ0) is 14.7. The number of nitrogens with one attached hydrogen (secondary N) is 1. The maximum Gasteiger partial charge on any atom is 0.124 e. The topological polar surface area (TPSA) is 21.3 Å². The Morgan fingerprint density at radius 1 is 1.05 bits per heavy atom. The van der Waals surface area contributed by atoms with Crippen LogP contribution in [0.3, 0.4) is 0 Å². The van der Waals surface area contributed by atoms with Gasteiger partial charge in [-0.15, -0.1) is 0 Å². The molecule has 2 rings (SSSR count). The van der Waals surface area contributed by atoms with Crippen molar-refractivity contribution in [2.45, 2.75) is 19.9 Å². The van der Waals surface area contributed by atoms with Crippen LogP contribution >= 0.6 is 0 Å². The van der Waals surface area contributed by atoms with Crippen LogP contribution in [0.1, 0.15) is 28.3 Å². The predicted octanol–water partition coefficient (Wildman–Crippen LogP) is 3.76. The van der Waals surface area contributed by atoms with Gasteiger partial charge in [0.15, 0.2) is 0 Å². The molecule has 106 valence electrons. The predicted molar refractivity (Wildman–Crippen MR) is 79.8 cm³/mol. The Balaban J connectivity index is 2.55. The first-order chi connectivity index (χ1) is 9.56. The number of methoxy groups -OCH3 is 1. The molecule has 0 aliphatic rings. The van der Waals surface area contributed by atoms with Crippen molar-refractivity contribution >= 4 is 0 Å². The van der Waals surface area contributed by atoms with Gasteiger partial charge in [0.2, 0.25) is 0 Å². The Hall–Kier alpha value is -1.87. The monoisotopic (exact) mass is 273 g/mol. The molecule has 0 saturated heterocycles. The van der Waals surface area contributed by atoms with Crippen molar-refractivity contribution in [3.05, 3.63) is 64.5 Å². The van der Waals surface area contributed by atoms with E-state index in [1.165, 1.54) is 6.07 Å². The minimum absolute atomic E-state index is 0.0961. The summed E-state index contributed by atoms with van der Waals surface area (Å²) >= 11 is 0. The van der Waals surface area contributed by atoms with Crippen LogP contribution in [0.4, 0.5) is 4.39 Å². The molecule has 1 N–H and O–H groups in total. The van der Waals surface area contributed by atoms with E-state index in [0.717, 1.165) is 28.0 Å². The molecule has 0 fully saturated rings. The van der Waals surface area contributed by atoms with Gasteiger partial charge in [-0.3, -0.25) is 0 Å². The third kappa shape index (κ3) is 2.83. The number of benzene rings is 2. The normalized spacial score (nSPS) is 12.2. The van der Waals surface area contributed by atoms with E-state index >= 15 is 0 Å². The molecule has 0 heterocycles. The quantitative estimate of drug-likeness (QED) is 0.915. The van der Waals surface area contributed by atoms with Gasteiger partial charge in [-0.25, -0.2) is 4.39 Å². The van der Waals surface area contributed by atoms with Gasteiger partial charge in [0.05, 0.1) is 13.2 Å². The van der Waals surface area contributed by atoms with E-state index in [2.05, 4.69) is 5.32 Å². The lowest BCUT2D eigenvalue weighted by Gasteiger charge is -2.22. The van der Waals surface area contributed by atoms with Gasteiger partial charge in [-0.05, 0) is 55.8 Å². The molecule has 20 heavy (non-hydrogen) atoms. The molecule has 0 amide bonds. The third-order valence-corrected chi connectivity index (χ3v) is 3.54. The first-order valence-corrected chi connectivity index (χ1v) is 6.64. The van der Waals surface area contributed by atoms with Crippen LogP contribution < -0.4 is 10.1 Å². The molecule has 2 nitrogen and oxygen atoms in total. The molecule has 0 saturated carbocycles. The average molecular weight is 273 g/mol. The highest BCUT2D eigenvalue weighted by molar-refractivity contribution is 5.45. The number of ether oxygens (including phenoxy) is 1. The minimum Gasteiger partial charge on any atom is -0.496 e. The Morgan fingerprint density at radius 2 is 1.80 bits per heavy atom. The van der Waals surface area contributed by atoms with Gasteiger partial charge in [0.1, 0.15) is 11.6 Å². The first-order valence-electron chi connectivity index (χ1n) is 6.64. The Labute approximate surface area is 119 Å². The number of hydrogen-bond donors (Lipinski definition) is 1. The fourth-order valence-corrected chi connectivity index (χ4v) is 2.46. The number of halogens is 1. The van der Waals surface area contributed by atoms with Crippen molar-refractivity contribution in [1.82, 2.24) is 5.32 Å². The smallest absolute Gasteiger partial charge is 0.124 e. The third-order valence-electron chi connectivity index (χ3n) is 3.54. The summed E-state index contributed by atoms with van der Waals surface area (Å²) in [6.45, 7) is 4.01. The lowest BCUT2D eigenvalue weighted by molar-refractivity contribution is 0.405. The number of hydrogen-bond acceptors (Lipinski definition) is 2. The van der Waals surface area contributed by atoms with Crippen LogP contribution in [-0.2, 0) is 0 Å². The van der Waals surface area contributed by atoms with Gasteiger partial charge >= 0.3 is 0 Å². The van der Waals surface area contributed by atoms with Crippen molar-refractivity contribution in [3.8, 4) is 5.75 Å².